The van der Waals surface area contributed by atoms with Crippen molar-refractivity contribution in [2.24, 2.45) is 5.92 Å². The standard InChI is InChI=1S/C34H35F2N7O2/c1-20-14-22-6-4-8-25(26(22)15-20)30-29(36)31-28(17-39-30)32(27(16-38)33(40-31)45-19-24-7-5-11-41(24)3)42-12-13-43(34(44)21(2)35)23(18-42)9-10-37/h4,6,8,17,20,23-24H,2,5,7,9,11-15,18-19H2,1,3H3/t20?,23-,24-/m0/s1. The lowest BCUT2D eigenvalue weighted by Crippen LogP contribution is -2.55. The average molecular weight is 612 g/mol. The molecule has 1 aromatic carbocycles. The quantitative estimate of drug-likeness (QED) is 0.346. The van der Waals surface area contributed by atoms with Gasteiger partial charge >= 0.3 is 0 Å². The van der Waals surface area contributed by atoms with Crippen molar-refractivity contribution in [1.82, 2.24) is 19.8 Å². The number of fused-ring (bicyclic) bond motifs is 2. The predicted molar refractivity (Wildman–Crippen MR) is 166 cm³/mol. The maximum Gasteiger partial charge on any atom is 0.282 e. The number of carbonyl (C=O) groups is 1. The van der Waals surface area contributed by atoms with Crippen molar-refractivity contribution in [3.8, 4) is 29.3 Å². The third kappa shape index (κ3) is 5.57. The minimum absolute atomic E-state index is 0.0238. The molecule has 11 heteroatoms. The van der Waals surface area contributed by atoms with Crippen LogP contribution in [0.1, 0.15) is 42.9 Å². The van der Waals surface area contributed by atoms with Crippen molar-refractivity contribution in [1.29, 1.82) is 10.5 Å². The molecule has 2 aromatic heterocycles. The third-order valence-electron chi connectivity index (χ3n) is 9.38. The normalized spacial score (nSPS) is 21.4. The molecule has 0 bridgehead atoms. The molecule has 2 saturated heterocycles. The molecule has 6 rings (SSSR count). The fourth-order valence-corrected chi connectivity index (χ4v) is 7.09. The smallest absolute Gasteiger partial charge is 0.282 e. The minimum atomic E-state index is -1.10. The first-order valence-electron chi connectivity index (χ1n) is 15.4. The maximum atomic E-state index is 16.7. The van der Waals surface area contributed by atoms with E-state index in [1.807, 2.05) is 24.1 Å². The van der Waals surface area contributed by atoms with Crippen molar-refractivity contribution in [2.45, 2.75) is 51.1 Å². The first-order chi connectivity index (χ1) is 21.7. The number of halogens is 2. The first-order valence-corrected chi connectivity index (χ1v) is 15.4. The van der Waals surface area contributed by atoms with E-state index in [9.17, 15) is 19.7 Å². The van der Waals surface area contributed by atoms with Gasteiger partial charge in [-0.25, -0.2) is 13.8 Å². The fraction of sp³-hybridized carbons (Fsp3) is 0.441. The lowest BCUT2D eigenvalue weighted by molar-refractivity contribution is -0.131. The Morgan fingerprint density at radius 2 is 2.02 bits per heavy atom. The van der Waals surface area contributed by atoms with Crippen molar-refractivity contribution < 1.29 is 18.3 Å². The Morgan fingerprint density at radius 1 is 1.20 bits per heavy atom. The summed E-state index contributed by atoms with van der Waals surface area (Å²) in [6, 6.07) is 9.63. The number of likely N-dealkylation sites (tertiary alicyclic amines) is 1. The van der Waals surface area contributed by atoms with Gasteiger partial charge in [-0.15, -0.1) is 0 Å². The lowest BCUT2D eigenvalue weighted by atomic mass is 9.98. The summed E-state index contributed by atoms with van der Waals surface area (Å²) in [5, 5.41) is 20.3. The van der Waals surface area contributed by atoms with Crippen LogP contribution in [0.4, 0.5) is 14.5 Å². The zero-order valence-electron chi connectivity index (χ0n) is 25.5. The Kier molecular flexibility index (Phi) is 8.39. The Bertz CT molecular complexity index is 1760. The number of carbonyl (C=O) groups excluding carboxylic acids is 1. The second kappa shape index (κ2) is 12.4. The second-order valence-corrected chi connectivity index (χ2v) is 12.3. The number of aromatic nitrogens is 2. The van der Waals surface area contributed by atoms with E-state index in [1.54, 1.807) is 6.20 Å². The Hall–Kier alpha value is -4.61. The molecule has 4 heterocycles. The fourth-order valence-electron chi connectivity index (χ4n) is 7.09. The zero-order valence-corrected chi connectivity index (χ0v) is 25.5. The van der Waals surface area contributed by atoms with Crippen molar-refractivity contribution in [3.63, 3.8) is 0 Å². The maximum absolute atomic E-state index is 16.7. The molecule has 0 saturated carbocycles. The molecule has 0 radical (unpaired) electrons. The van der Waals surface area contributed by atoms with Crippen LogP contribution < -0.4 is 9.64 Å². The summed E-state index contributed by atoms with van der Waals surface area (Å²) in [6.45, 7) is 6.92. The molecule has 3 aromatic rings. The van der Waals surface area contributed by atoms with Crippen LogP contribution in [-0.2, 0) is 17.6 Å². The van der Waals surface area contributed by atoms with Gasteiger partial charge < -0.3 is 19.4 Å². The van der Waals surface area contributed by atoms with Gasteiger partial charge in [0.1, 0.15) is 29.5 Å². The van der Waals surface area contributed by atoms with Crippen LogP contribution in [0.3, 0.4) is 0 Å². The number of ether oxygens (including phenoxy) is 1. The van der Waals surface area contributed by atoms with Gasteiger partial charge in [0.05, 0.1) is 24.2 Å². The molecule has 1 unspecified atom stereocenters. The van der Waals surface area contributed by atoms with Crippen LogP contribution in [0.15, 0.2) is 36.8 Å². The molecule has 3 aliphatic rings. The number of piperazine rings is 1. The monoisotopic (exact) mass is 611 g/mol. The number of nitrogens with zero attached hydrogens (tertiary/aromatic N) is 7. The Labute approximate surface area is 261 Å². The van der Waals surface area contributed by atoms with Gasteiger partial charge in [0.15, 0.2) is 11.6 Å². The van der Waals surface area contributed by atoms with Crippen LogP contribution in [0.2, 0.25) is 0 Å². The number of pyridine rings is 2. The average Bonchev–Trinajstić information content (AvgIpc) is 3.63. The van der Waals surface area contributed by atoms with Crippen LogP contribution in [0, 0.1) is 34.4 Å². The number of likely N-dealkylation sites (N-methyl/N-ethyl adjacent to an activating group) is 1. The summed E-state index contributed by atoms with van der Waals surface area (Å²) >= 11 is 0. The molecular weight excluding hydrogens is 576 g/mol. The highest BCUT2D eigenvalue weighted by molar-refractivity contribution is 5.98. The first kappa shape index (κ1) is 30.4. The molecule has 232 valence electrons. The number of hydrogen-bond donors (Lipinski definition) is 0. The molecule has 2 aliphatic heterocycles. The van der Waals surface area contributed by atoms with E-state index in [2.05, 4.69) is 46.6 Å². The summed E-state index contributed by atoms with van der Waals surface area (Å²) in [5.41, 5.74) is 3.71. The Balaban J connectivity index is 1.48. The minimum Gasteiger partial charge on any atom is -0.475 e. The van der Waals surface area contributed by atoms with Crippen molar-refractivity contribution in [3.05, 3.63) is 59.3 Å². The highest BCUT2D eigenvalue weighted by Crippen LogP contribution is 2.41. The summed E-state index contributed by atoms with van der Waals surface area (Å²) in [4.78, 5) is 27.1. The van der Waals surface area contributed by atoms with Crippen molar-refractivity contribution >= 4 is 22.5 Å². The van der Waals surface area contributed by atoms with E-state index < -0.39 is 23.6 Å². The van der Waals surface area contributed by atoms with E-state index in [4.69, 9.17) is 4.74 Å². The summed E-state index contributed by atoms with van der Waals surface area (Å²) in [5.74, 6) is -2.11. The van der Waals surface area contributed by atoms with Gasteiger partial charge in [-0.05, 0) is 56.3 Å². The third-order valence-corrected chi connectivity index (χ3v) is 9.38. The van der Waals surface area contributed by atoms with E-state index in [1.165, 1.54) is 10.5 Å². The van der Waals surface area contributed by atoms with E-state index >= 15 is 4.39 Å². The summed E-state index contributed by atoms with van der Waals surface area (Å²) < 4.78 is 36.8. The van der Waals surface area contributed by atoms with Crippen molar-refractivity contribution in [2.75, 3.05) is 44.7 Å². The Morgan fingerprint density at radius 3 is 2.73 bits per heavy atom. The van der Waals surface area contributed by atoms with E-state index in [-0.39, 0.29) is 61.4 Å². The highest BCUT2D eigenvalue weighted by atomic mass is 19.1. The van der Waals surface area contributed by atoms with Gasteiger partial charge in [0.2, 0.25) is 5.88 Å². The number of benzene rings is 1. The van der Waals surface area contributed by atoms with E-state index in [0.717, 1.165) is 43.4 Å². The summed E-state index contributed by atoms with van der Waals surface area (Å²) in [7, 11) is 2.02. The second-order valence-electron chi connectivity index (χ2n) is 12.3. The topological polar surface area (TPSA) is 109 Å². The SMILES string of the molecule is C=C(F)C(=O)N1CCN(c2c(C#N)c(OC[C@@H]3CCCN3C)nc3c(F)c(-c4cccc5c4CC(C)C5)ncc23)C[C@@H]1CC#N. The number of hydrogen-bond acceptors (Lipinski definition) is 8. The van der Waals surface area contributed by atoms with Gasteiger partial charge in [0.25, 0.3) is 5.91 Å². The molecule has 45 heavy (non-hydrogen) atoms. The zero-order chi connectivity index (χ0) is 31.8. The largest absolute Gasteiger partial charge is 0.475 e. The molecule has 1 amide bonds. The number of anilines is 1. The summed E-state index contributed by atoms with van der Waals surface area (Å²) in [6.07, 6.45) is 5.20. The number of nitriles is 2. The molecule has 3 atom stereocenters. The number of amides is 1. The van der Waals surface area contributed by atoms with Gasteiger partial charge in [0, 0.05) is 42.8 Å². The van der Waals surface area contributed by atoms with Crippen LogP contribution in [0.25, 0.3) is 22.2 Å². The molecule has 1 aliphatic carbocycles. The van der Waals surface area contributed by atoms with Crippen LogP contribution in [-0.4, -0.2) is 77.6 Å². The molecular formula is C34H35F2N7O2. The van der Waals surface area contributed by atoms with Gasteiger partial charge in [-0.2, -0.15) is 10.5 Å². The van der Waals surface area contributed by atoms with Gasteiger partial charge in [-0.1, -0.05) is 31.7 Å². The van der Waals surface area contributed by atoms with Crippen LogP contribution in [0.5, 0.6) is 5.88 Å². The molecule has 9 nitrogen and oxygen atoms in total. The number of rotatable bonds is 7. The van der Waals surface area contributed by atoms with E-state index in [0.29, 0.717) is 17.0 Å². The molecule has 0 spiro atoms. The van der Waals surface area contributed by atoms with Crippen LogP contribution >= 0.6 is 0 Å². The lowest BCUT2D eigenvalue weighted by Gasteiger charge is -2.42. The highest BCUT2D eigenvalue weighted by Gasteiger charge is 2.35. The molecule has 0 N–H and O–H groups in total. The van der Waals surface area contributed by atoms with Gasteiger partial charge in [-0.3, -0.25) is 9.78 Å². The molecule has 2 fully saturated rings. The predicted octanol–water partition coefficient (Wildman–Crippen LogP) is 4.93.